The summed E-state index contributed by atoms with van der Waals surface area (Å²) in [5, 5.41) is 13.8. The maximum atomic E-state index is 9.79. The van der Waals surface area contributed by atoms with E-state index in [0.717, 1.165) is 25.2 Å². The molecule has 1 saturated heterocycles. The average Bonchev–Trinajstić information content (AvgIpc) is 2.70. The zero-order chi connectivity index (χ0) is 12.6. The number of aliphatic hydroxyl groups is 1. The molecule has 1 aliphatic heterocycles. The summed E-state index contributed by atoms with van der Waals surface area (Å²) in [5.41, 5.74) is -1.06. The molecule has 0 unspecified atom stereocenters. The van der Waals surface area contributed by atoms with Gasteiger partial charge in [0.25, 0.3) is 5.89 Å². The number of hydrogen-bond acceptors (Lipinski definition) is 5. The van der Waals surface area contributed by atoms with Crippen molar-refractivity contribution < 1.29 is 9.63 Å². The molecule has 0 saturated carbocycles. The highest BCUT2D eigenvalue weighted by molar-refractivity contribution is 5.02. The second-order valence-electron chi connectivity index (χ2n) is 5.58. The first-order chi connectivity index (χ1) is 7.88. The lowest BCUT2D eigenvalue weighted by atomic mass is 9.93. The van der Waals surface area contributed by atoms with Crippen LogP contribution in [0.5, 0.6) is 0 Å². The van der Waals surface area contributed by atoms with Crippen molar-refractivity contribution >= 4 is 0 Å². The van der Waals surface area contributed by atoms with Gasteiger partial charge >= 0.3 is 0 Å². The minimum atomic E-state index is -1.06. The van der Waals surface area contributed by atoms with Crippen LogP contribution in [0, 0.1) is 0 Å². The summed E-state index contributed by atoms with van der Waals surface area (Å²) in [6.07, 6.45) is 2.23. The second-order valence-corrected chi connectivity index (χ2v) is 5.58. The fourth-order valence-corrected chi connectivity index (χ4v) is 2.14. The Balaban J connectivity index is 2.11. The number of piperidine rings is 1. The fourth-order valence-electron chi connectivity index (χ4n) is 2.14. The lowest BCUT2D eigenvalue weighted by Gasteiger charge is -2.33. The van der Waals surface area contributed by atoms with E-state index in [1.807, 2.05) is 0 Å². The number of rotatable bonds is 2. The number of aromatic nitrogens is 2. The van der Waals surface area contributed by atoms with Crippen LogP contribution in [0.15, 0.2) is 4.52 Å². The molecule has 0 aliphatic carbocycles. The smallest absolute Gasteiger partial charge is 0.258 e. The van der Waals surface area contributed by atoms with E-state index < -0.39 is 5.60 Å². The molecule has 2 atom stereocenters. The molecule has 1 aromatic rings. The normalized spacial score (nSPS) is 27.4. The Morgan fingerprint density at radius 2 is 2.12 bits per heavy atom. The van der Waals surface area contributed by atoms with Crippen LogP contribution in [0.4, 0.5) is 0 Å². The predicted octanol–water partition coefficient (Wildman–Crippen LogP) is 1.49. The predicted molar refractivity (Wildman–Crippen MR) is 63.6 cm³/mol. The summed E-state index contributed by atoms with van der Waals surface area (Å²) in [5.74, 6) is 1.34. The summed E-state index contributed by atoms with van der Waals surface area (Å²) in [6.45, 7) is 6.49. The molecule has 1 fully saturated rings. The topological polar surface area (TPSA) is 62.4 Å². The van der Waals surface area contributed by atoms with Gasteiger partial charge in [0.15, 0.2) is 5.82 Å². The molecule has 2 heterocycles. The number of nitrogens with zero attached hydrogens (tertiary/aromatic N) is 3. The molecule has 2 rings (SSSR count). The van der Waals surface area contributed by atoms with Gasteiger partial charge in [-0.1, -0.05) is 5.16 Å². The first-order valence-electron chi connectivity index (χ1n) is 6.14. The van der Waals surface area contributed by atoms with Crippen molar-refractivity contribution in [3.05, 3.63) is 11.7 Å². The summed E-state index contributed by atoms with van der Waals surface area (Å²) in [4.78, 5) is 6.62. The fraction of sp³-hybridized carbons (Fsp3) is 0.833. The average molecular weight is 239 g/mol. The zero-order valence-electron chi connectivity index (χ0n) is 11.0. The van der Waals surface area contributed by atoms with E-state index in [9.17, 15) is 5.11 Å². The van der Waals surface area contributed by atoms with Crippen LogP contribution in [0.3, 0.4) is 0 Å². The van der Waals surface area contributed by atoms with Crippen molar-refractivity contribution in [3.8, 4) is 0 Å². The molecular formula is C12H21N3O2. The molecule has 5 heteroatoms. The van der Waals surface area contributed by atoms with Gasteiger partial charge in [-0.3, -0.25) is 0 Å². The molecule has 0 bridgehead atoms. The summed E-state index contributed by atoms with van der Waals surface area (Å²) < 4.78 is 5.11. The Morgan fingerprint density at radius 3 is 2.65 bits per heavy atom. The minimum absolute atomic E-state index is 0.300. The molecule has 1 aliphatic rings. The summed E-state index contributed by atoms with van der Waals surface area (Å²) in [6, 6.07) is 0.618. The highest BCUT2D eigenvalue weighted by atomic mass is 16.5. The molecule has 96 valence electrons. The van der Waals surface area contributed by atoms with Gasteiger partial charge in [-0.25, -0.2) is 0 Å². The van der Waals surface area contributed by atoms with E-state index in [-0.39, 0.29) is 0 Å². The number of hydrogen-bond donors (Lipinski definition) is 1. The van der Waals surface area contributed by atoms with Gasteiger partial charge in [0.05, 0.1) is 0 Å². The van der Waals surface area contributed by atoms with E-state index >= 15 is 0 Å². The molecule has 5 nitrogen and oxygen atoms in total. The van der Waals surface area contributed by atoms with Crippen molar-refractivity contribution in [2.24, 2.45) is 0 Å². The van der Waals surface area contributed by atoms with Crippen LogP contribution in [0.25, 0.3) is 0 Å². The minimum Gasteiger partial charge on any atom is -0.381 e. The van der Waals surface area contributed by atoms with Gasteiger partial charge in [-0.2, -0.15) is 4.98 Å². The lowest BCUT2D eigenvalue weighted by Crippen LogP contribution is -2.38. The Kier molecular flexibility index (Phi) is 3.23. The lowest BCUT2D eigenvalue weighted by molar-refractivity contribution is 0.0420. The molecule has 17 heavy (non-hydrogen) atoms. The molecular weight excluding hydrogens is 218 g/mol. The van der Waals surface area contributed by atoms with Crippen molar-refractivity contribution in [1.29, 1.82) is 0 Å². The first-order valence-corrected chi connectivity index (χ1v) is 6.14. The van der Waals surface area contributed by atoms with Crippen LogP contribution in [-0.4, -0.2) is 39.8 Å². The standard InChI is InChI=1S/C12H21N3O2/c1-8-5-6-9(7-15(8)4)10-13-11(17-14-10)12(2,3)16/h8-9,16H,5-7H2,1-4H3/t8-,9-/m1/s1. The largest absolute Gasteiger partial charge is 0.381 e. The van der Waals surface area contributed by atoms with E-state index in [4.69, 9.17) is 4.52 Å². The van der Waals surface area contributed by atoms with Crippen molar-refractivity contribution in [2.75, 3.05) is 13.6 Å². The molecule has 1 aromatic heterocycles. The zero-order valence-corrected chi connectivity index (χ0v) is 11.0. The van der Waals surface area contributed by atoms with E-state index in [2.05, 4.69) is 29.0 Å². The number of likely N-dealkylation sites (N-methyl/N-ethyl adjacent to an activating group) is 1. The Bertz CT molecular complexity index is 383. The van der Waals surface area contributed by atoms with Gasteiger partial charge in [0, 0.05) is 18.5 Å². The highest BCUT2D eigenvalue weighted by Gasteiger charge is 2.30. The van der Waals surface area contributed by atoms with E-state index in [1.54, 1.807) is 13.8 Å². The van der Waals surface area contributed by atoms with Crippen molar-refractivity contribution in [3.63, 3.8) is 0 Å². The highest BCUT2D eigenvalue weighted by Crippen LogP contribution is 2.28. The van der Waals surface area contributed by atoms with E-state index in [0.29, 0.717) is 17.9 Å². The van der Waals surface area contributed by atoms with Gasteiger partial charge < -0.3 is 14.5 Å². The molecule has 0 radical (unpaired) electrons. The Labute approximate surface area is 102 Å². The van der Waals surface area contributed by atoms with Gasteiger partial charge in [0.2, 0.25) is 0 Å². The Hall–Kier alpha value is -0.940. The quantitative estimate of drug-likeness (QED) is 0.847. The first kappa shape index (κ1) is 12.5. The molecule has 0 amide bonds. The monoisotopic (exact) mass is 239 g/mol. The van der Waals surface area contributed by atoms with Crippen LogP contribution >= 0.6 is 0 Å². The summed E-state index contributed by atoms with van der Waals surface area (Å²) >= 11 is 0. The van der Waals surface area contributed by atoms with Crippen LogP contribution in [0.2, 0.25) is 0 Å². The molecule has 0 spiro atoms. The van der Waals surface area contributed by atoms with E-state index in [1.165, 1.54) is 0 Å². The van der Waals surface area contributed by atoms with Crippen molar-refractivity contribution in [2.45, 2.75) is 51.2 Å². The van der Waals surface area contributed by atoms with Crippen LogP contribution in [-0.2, 0) is 5.60 Å². The Morgan fingerprint density at radius 1 is 1.41 bits per heavy atom. The van der Waals surface area contributed by atoms with Gasteiger partial charge in [-0.05, 0) is 40.7 Å². The third kappa shape index (κ3) is 2.66. The number of likely N-dealkylation sites (tertiary alicyclic amines) is 1. The maximum absolute atomic E-state index is 9.79. The third-order valence-electron chi connectivity index (χ3n) is 3.52. The maximum Gasteiger partial charge on any atom is 0.258 e. The summed E-state index contributed by atoms with van der Waals surface area (Å²) in [7, 11) is 2.12. The van der Waals surface area contributed by atoms with Crippen LogP contribution in [0.1, 0.15) is 51.2 Å². The molecule has 0 aromatic carbocycles. The van der Waals surface area contributed by atoms with Gasteiger partial charge in [0.1, 0.15) is 5.60 Å². The SMILES string of the molecule is C[C@@H]1CC[C@@H](c2noc(C(C)(C)O)n2)CN1C. The second kappa shape index (κ2) is 4.38. The van der Waals surface area contributed by atoms with Gasteiger partial charge in [-0.15, -0.1) is 0 Å². The third-order valence-corrected chi connectivity index (χ3v) is 3.52. The van der Waals surface area contributed by atoms with Crippen molar-refractivity contribution in [1.82, 2.24) is 15.0 Å². The molecule has 1 N–H and O–H groups in total. The van der Waals surface area contributed by atoms with Crippen LogP contribution < -0.4 is 0 Å².